The number of aromatic nitrogens is 3. The molecule has 1 aromatic heterocycles. The number of carbonyl (C=O) groups excluding carboxylic acids is 1. The number of nitrogens with zero attached hydrogens (tertiary/aromatic N) is 4. The van der Waals surface area contributed by atoms with E-state index in [1.54, 1.807) is 12.1 Å². The van der Waals surface area contributed by atoms with Crippen LogP contribution >= 0.6 is 0 Å². The molecule has 0 aliphatic carbocycles. The van der Waals surface area contributed by atoms with Crippen molar-refractivity contribution in [2.24, 2.45) is 0 Å². The Morgan fingerprint density at radius 3 is 2.55 bits per heavy atom. The molecule has 1 unspecified atom stereocenters. The lowest BCUT2D eigenvalue weighted by Gasteiger charge is -2.19. The van der Waals surface area contributed by atoms with Gasteiger partial charge >= 0.3 is 5.97 Å². The third-order valence-electron chi connectivity index (χ3n) is 2.96. The van der Waals surface area contributed by atoms with E-state index in [2.05, 4.69) is 10.2 Å². The number of carboxylic acids is 1. The predicted molar refractivity (Wildman–Crippen MR) is 70.6 cm³/mol. The van der Waals surface area contributed by atoms with Crippen LogP contribution in [0.25, 0.3) is 5.69 Å². The van der Waals surface area contributed by atoms with Crippen LogP contribution in [0.5, 0.6) is 0 Å². The van der Waals surface area contributed by atoms with Crippen molar-refractivity contribution in [3.05, 3.63) is 42.2 Å². The molecule has 7 nitrogen and oxygen atoms in total. The summed E-state index contributed by atoms with van der Waals surface area (Å²) in [5.41, 5.74) is 0.824. The van der Waals surface area contributed by atoms with Gasteiger partial charge in [0.25, 0.3) is 5.91 Å². The maximum atomic E-state index is 12.1. The molecule has 0 aliphatic rings. The highest BCUT2D eigenvalue weighted by Gasteiger charge is 2.24. The molecular weight excluding hydrogens is 260 g/mol. The molecule has 0 saturated heterocycles. The Hall–Kier alpha value is -2.70. The Balaban J connectivity index is 2.21. The summed E-state index contributed by atoms with van der Waals surface area (Å²) in [6, 6.07) is 8.21. The van der Waals surface area contributed by atoms with Crippen molar-refractivity contribution in [2.75, 3.05) is 7.05 Å². The Bertz CT molecular complexity index is 624. The number of hydrogen-bond acceptors (Lipinski definition) is 4. The Labute approximate surface area is 115 Å². The molecule has 20 heavy (non-hydrogen) atoms. The quantitative estimate of drug-likeness (QED) is 0.891. The minimum atomic E-state index is -1.07. The van der Waals surface area contributed by atoms with Crippen LogP contribution in [0.15, 0.2) is 36.5 Å². The fourth-order valence-electron chi connectivity index (χ4n) is 1.57. The number of carbonyl (C=O) groups is 2. The maximum Gasteiger partial charge on any atom is 0.326 e. The van der Waals surface area contributed by atoms with Crippen molar-refractivity contribution < 1.29 is 14.7 Å². The summed E-state index contributed by atoms with van der Waals surface area (Å²) in [6.07, 6.45) is 1.32. The van der Waals surface area contributed by atoms with Crippen LogP contribution in [-0.4, -0.2) is 50.0 Å². The molecule has 7 heteroatoms. The highest BCUT2D eigenvalue weighted by Crippen LogP contribution is 2.07. The van der Waals surface area contributed by atoms with Gasteiger partial charge in [-0.05, 0) is 19.1 Å². The predicted octanol–water partition coefficient (Wildman–Crippen LogP) is 0.812. The standard InChI is InChI=1S/C13H14N4O3/c1-9(13(19)20)16(2)12(18)11-8-14-17(15-11)10-6-4-3-5-7-10/h3-9H,1-2H3,(H,19,20). The van der Waals surface area contributed by atoms with Gasteiger partial charge in [0.05, 0.1) is 11.9 Å². The van der Waals surface area contributed by atoms with E-state index in [-0.39, 0.29) is 5.69 Å². The first-order chi connectivity index (χ1) is 9.50. The molecule has 1 aromatic carbocycles. The van der Waals surface area contributed by atoms with Crippen molar-refractivity contribution in [2.45, 2.75) is 13.0 Å². The highest BCUT2D eigenvalue weighted by atomic mass is 16.4. The lowest BCUT2D eigenvalue weighted by Crippen LogP contribution is -2.40. The molecule has 1 amide bonds. The van der Waals surface area contributed by atoms with Gasteiger partial charge in [-0.3, -0.25) is 4.79 Å². The molecule has 2 rings (SSSR count). The number of carboxylic acid groups (broad SMARTS) is 1. The number of aliphatic carboxylic acids is 1. The lowest BCUT2D eigenvalue weighted by atomic mass is 10.3. The summed E-state index contributed by atoms with van der Waals surface area (Å²) in [5, 5.41) is 17.0. The van der Waals surface area contributed by atoms with Gasteiger partial charge in [-0.15, -0.1) is 5.10 Å². The second-order valence-electron chi connectivity index (χ2n) is 4.29. The Kier molecular flexibility index (Phi) is 3.79. The van der Waals surface area contributed by atoms with Crippen LogP contribution in [0.2, 0.25) is 0 Å². The monoisotopic (exact) mass is 274 g/mol. The summed E-state index contributed by atoms with van der Waals surface area (Å²) in [6.45, 7) is 1.43. The highest BCUT2D eigenvalue weighted by molar-refractivity contribution is 5.94. The van der Waals surface area contributed by atoms with Crippen LogP contribution in [0.3, 0.4) is 0 Å². The number of likely N-dealkylation sites (N-methyl/N-ethyl adjacent to an activating group) is 1. The number of amides is 1. The molecule has 2 aromatic rings. The van der Waals surface area contributed by atoms with E-state index >= 15 is 0 Å². The molecule has 1 N–H and O–H groups in total. The van der Waals surface area contributed by atoms with E-state index in [0.29, 0.717) is 0 Å². The van der Waals surface area contributed by atoms with Gasteiger partial charge < -0.3 is 10.0 Å². The van der Waals surface area contributed by atoms with Crippen LogP contribution in [0.1, 0.15) is 17.4 Å². The summed E-state index contributed by atoms with van der Waals surface area (Å²) in [7, 11) is 1.42. The molecule has 0 spiro atoms. The molecule has 0 aliphatic heterocycles. The number of hydrogen-bond donors (Lipinski definition) is 1. The molecule has 0 radical (unpaired) electrons. The summed E-state index contributed by atoms with van der Waals surface area (Å²) in [4.78, 5) is 25.4. The average molecular weight is 274 g/mol. The minimum Gasteiger partial charge on any atom is -0.480 e. The zero-order valence-corrected chi connectivity index (χ0v) is 11.1. The van der Waals surface area contributed by atoms with Crippen LogP contribution in [-0.2, 0) is 4.79 Å². The second kappa shape index (κ2) is 5.52. The van der Waals surface area contributed by atoms with Gasteiger partial charge in [0.1, 0.15) is 6.04 Å². The third-order valence-corrected chi connectivity index (χ3v) is 2.96. The van der Waals surface area contributed by atoms with Gasteiger partial charge in [0, 0.05) is 7.05 Å². The van der Waals surface area contributed by atoms with Gasteiger partial charge in [-0.25, -0.2) is 4.79 Å². The van der Waals surface area contributed by atoms with E-state index < -0.39 is 17.9 Å². The van der Waals surface area contributed by atoms with Crippen LogP contribution < -0.4 is 0 Å². The zero-order chi connectivity index (χ0) is 14.7. The van der Waals surface area contributed by atoms with Gasteiger partial charge in [-0.1, -0.05) is 18.2 Å². The molecule has 1 heterocycles. The molecule has 0 bridgehead atoms. The maximum absolute atomic E-state index is 12.1. The lowest BCUT2D eigenvalue weighted by molar-refractivity contribution is -0.141. The van der Waals surface area contributed by atoms with Crippen molar-refractivity contribution in [1.82, 2.24) is 19.9 Å². The number of para-hydroxylation sites is 1. The summed E-state index contributed by atoms with van der Waals surface area (Å²) in [5.74, 6) is -1.56. The first-order valence-corrected chi connectivity index (χ1v) is 5.98. The third kappa shape index (κ3) is 2.66. The first kappa shape index (κ1) is 13.7. The molecular formula is C13H14N4O3. The van der Waals surface area contributed by atoms with Crippen LogP contribution in [0.4, 0.5) is 0 Å². The Morgan fingerprint density at radius 1 is 1.30 bits per heavy atom. The van der Waals surface area contributed by atoms with Crippen molar-refractivity contribution in [1.29, 1.82) is 0 Å². The molecule has 104 valence electrons. The average Bonchev–Trinajstić information content (AvgIpc) is 2.95. The molecule has 0 saturated carbocycles. The molecule has 1 atom stereocenters. The van der Waals surface area contributed by atoms with E-state index in [0.717, 1.165) is 10.6 Å². The van der Waals surface area contributed by atoms with E-state index in [1.807, 2.05) is 18.2 Å². The van der Waals surface area contributed by atoms with Crippen molar-refractivity contribution >= 4 is 11.9 Å². The normalized spacial score (nSPS) is 11.9. The largest absolute Gasteiger partial charge is 0.480 e. The SMILES string of the molecule is CC(C(=O)O)N(C)C(=O)c1cnn(-c2ccccc2)n1. The molecule has 0 fully saturated rings. The Morgan fingerprint density at radius 2 is 1.95 bits per heavy atom. The summed E-state index contributed by atoms with van der Waals surface area (Å²) < 4.78 is 0. The fourth-order valence-corrected chi connectivity index (χ4v) is 1.57. The van der Waals surface area contributed by atoms with E-state index in [9.17, 15) is 9.59 Å². The fraction of sp³-hybridized carbons (Fsp3) is 0.231. The number of rotatable bonds is 4. The zero-order valence-electron chi connectivity index (χ0n) is 11.1. The van der Waals surface area contributed by atoms with E-state index in [4.69, 9.17) is 5.11 Å². The topological polar surface area (TPSA) is 88.3 Å². The van der Waals surface area contributed by atoms with Crippen molar-refractivity contribution in [3.63, 3.8) is 0 Å². The van der Waals surface area contributed by atoms with Gasteiger partial charge in [0.2, 0.25) is 0 Å². The smallest absolute Gasteiger partial charge is 0.326 e. The second-order valence-corrected chi connectivity index (χ2v) is 4.29. The minimum absolute atomic E-state index is 0.101. The summed E-state index contributed by atoms with van der Waals surface area (Å²) >= 11 is 0. The van der Waals surface area contributed by atoms with Crippen molar-refractivity contribution in [3.8, 4) is 5.69 Å². The van der Waals surface area contributed by atoms with Crippen LogP contribution in [0, 0.1) is 0 Å². The first-order valence-electron chi connectivity index (χ1n) is 5.98. The number of benzene rings is 1. The van der Waals surface area contributed by atoms with E-state index in [1.165, 1.54) is 25.0 Å². The van der Waals surface area contributed by atoms with Gasteiger partial charge in [-0.2, -0.15) is 9.90 Å². The van der Waals surface area contributed by atoms with Gasteiger partial charge in [0.15, 0.2) is 5.69 Å².